The zero-order chi connectivity index (χ0) is 21.2. The van der Waals surface area contributed by atoms with Crippen molar-refractivity contribution in [3.8, 4) is 0 Å². The van der Waals surface area contributed by atoms with E-state index in [0.717, 1.165) is 12.0 Å². The molecule has 0 unspecified atom stereocenters. The van der Waals surface area contributed by atoms with Gasteiger partial charge in [-0.2, -0.15) is 0 Å². The Balaban J connectivity index is 1.86. The quantitative estimate of drug-likeness (QED) is 0.593. The van der Waals surface area contributed by atoms with Crippen molar-refractivity contribution in [3.05, 3.63) is 60.2 Å². The first-order chi connectivity index (χ1) is 13.9. The first-order valence-electron chi connectivity index (χ1n) is 9.57. The van der Waals surface area contributed by atoms with Gasteiger partial charge in [0.15, 0.2) is 6.61 Å². The Hall–Kier alpha value is -3.35. The molecule has 0 saturated heterocycles. The van der Waals surface area contributed by atoms with E-state index in [4.69, 9.17) is 4.74 Å². The molecule has 7 nitrogen and oxygen atoms in total. The van der Waals surface area contributed by atoms with Gasteiger partial charge in [-0.3, -0.25) is 4.79 Å². The Morgan fingerprint density at radius 1 is 0.931 bits per heavy atom. The fourth-order valence-corrected chi connectivity index (χ4v) is 2.62. The van der Waals surface area contributed by atoms with Crippen molar-refractivity contribution in [3.63, 3.8) is 0 Å². The summed E-state index contributed by atoms with van der Waals surface area (Å²) in [5, 5.41) is 7.95. The summed E-state index contributed by atoms with van der Waals surface area (Å²) >= 11 is 0. The first-order valence-corrected chi connectivity index (χ1v) is 9.57. The molecule has 0 aromatic heterocycles. The summed E-state index contributed by atoms with van der Waals surface area (Å²) in [7, 11) is 0. The number of para-hydroxylation sites is 1. The lowest BCUT2D eigenvalue weighted by Crippen LogP contribution is -2.47. The smallest absolute Gasteiger partial charge is 0.329 e. The summed E-state index contributed by atoms with van der Waals surface area (Å²) < 4.78 is 5.11. The van der Waals surface area contributed by atoms with Crippen molar-refractivity contribution in [1.29, 1.82) is 0 Å². The molecule has 3 amide bonds. The maximum Gasteiger partial charge on any atom is 0.329 e. The maximum atomic E-state index is 12.4. The van der Waals surface area contributed by atoms with Gasteiger partial charge in [-0.25, -0.2) is 9.59 Å². The van der Waals surface area contributed by atoms with E-state index in [-0.39, 0.29) is 5.92 Å². The molecular weight excluding hydrogens is 370 g/mol. The summed E-state index contributed by atoms with van der Waals surface area (Å²) in [5.74, 6) is -1.32. The first kappa shape index (κ1) is 21.9. The molecule has 0 aliphatic heterocycles. The van der Waals surface area contributed by atoms with Gasteiger partial charge in [0, 0.05) is 11.4 Å². The van der Waals surface area contributed by atoms with Crippen LogP contribution in [0.3, 0.4) is 0 Å². The monoisotopic (exact) mass is 397 g/mol. The number of aryl methyl sites for hydroxylation is 1. The van der Waals surface area contributed by atoms with Crippen LogP contribution in [0.5, 0.6) is 0 Å². The molecule has 0 saturated carbocycles. The standard InChI is InChI=1S/C22H27N3O4/c1-4-16-9-8-12-18(13-16)23-19(26)14-29-21(27)20(15(2)3)25-22(28)24-17-10-6-5-7-11-17/h5-13,15,20H,4,14H2,1-3H3,(H,23,26)(H2,24,25,28)/t20-/m0/s1. The fourth-order valence-electron chi connectivity index (χ4n) is 2.62. The molecule has 0 fully saturated rings. The van der Waals surface area contributed by atoms with E-state index >= 15 is 0 Å². The lowest BCUT2D eigenvalue weighted by atomic mass is 10.1. The molecule has 0 spiro atoms. The minimum absolute atomic E-state index is 0.215. The van der Waals surface area contributed by atoms with E-state index in [9.17, 15) is 14.4 Å². The van der Waals surface area contributed by atoms with Crippen LogP contribution in [-0.4, -0.2) is 30.6 Å². The second kappa shape index (κ2) is 10.8. The van der Waals surface area contributed by atoms with Gasteiger partial charge in [0.25, 0.3) is 5.91 Å². The molecule has 7 heteroatoms. The van der Waals surface area contributed by atoms with Crippen LogP contribution in [0.4, 0.5) is 16.2 Å². The summed E-state index contributed by atoms with van der Waals surface area (Å²) in [6, 6.07) is 14.9. The van der Waals surface area contributed by atoms with Crippen LogP contribution in [0, 0.1) is 5.92 Å². The molecular formula is C22H27N3O4. The summed E-state index contributed by atoms with van der Waals surface area (Å²) in [6.07, 6.45) is 0.853. The highest BCUT2D eigenvalue weighted by Gasteiger charge is 2.26. The molecule has 2 aromatic carbocycles. The van der Waals surface area contributed by atoms with Crippen molar-refractivity contribution >= 4 is 29.3 Å². The van der Waals surface area contributed by atoms with E-state index in [0.29, 0.717) is 11.4 Å². The predicted octanol–water partition coefficient (Wildman–Crippen LogP) is 3.58. The van der Waals surface area contributed by atoms with Gasteiger partial charge >= 0.3 is 12.0 Å². The number of ether oxygens (including phenoxy) is 1. The number of anilines is 2. The molecule has 1 atom stereocenters. The Labute approximate surface area is 170 Å². The van der Waals surface area contributed by atoms with Gasteiger partial charge in [-0.05, 0) is 42.2 Å². The van der Waals surface area contributed by atoms with Gasteiger partial charge in [0.1, 0.15) is 6.04 Å². The van der Waals surface area contributed by atoms with Crippen molar-refractivity contribution < 1.29 is 19.1 Å². The second-order valence-electron chi connectivity index (χ2n) is 6.90. The molecule has 0 radical (unpaired) electrons. The number of hydrogen-bond acceptors (Lipinski definition) is 4. The molecule has 0 bridgehead atoms. The summed E-state index contributed by atoms with van der Waals surface area (Å²) in [6.45, 7) is 5.16. The molecule has 0 aliphatic carbocycles. The summed E-state index contributed by atoms with van der Waals surface area (Å²) in [5.41, 5.74) is 2.34. The molecule has 154 valence electrons. The number of urea groups is 1. The van der Waals surface area contributed by atoms with E-state index in [1.165, 1.54) is 0 Å². The van der Waals surface area contributed by atoms with Crippen LogP contribution >= 0.6 is 0 Å². The van der Waals surface area contributed by atoms with E-state index in [1.54, 1.807) is 44.2 Å². The average Bonchev–Trinajstić information content (AvgIpc) is 2.71. The zero-order valence-electron chi connectivity index (χ0n) is 16.9. The highest BCUT2D eigenvalue weighted by molar-refractivity contribution is 5.95. The van der Waals surface area contributed by atoms with Crippen molar-refractivity contribution in [1.82, 2.24) is 5.32 Å². The zero-order valence-corrected chi connectivity index (χ0v) is 16.9. The van der Waals surface area contributed by atoms with Crippen LogP contribution in [0.15, 0.2) is 54.6 Å². The SMILES string of the molecule is CCc1cccc(NC(=O)COC(=O)[C@@H](NC(=O)Nc2ccccc2)C(C)C)c1. The average molecular weight is 397 g/mol. The van der Waals surface area contributed by atoms with Gasteiger partial charge in [0.2, 0.25) is 0 Å². The van der Waals surface area contributed by atoms with Gasteiger partial charge < -0.3 is 20.7 Å². The predicted molar refractivity (Wildman–Crippen MR) is 113 cm³/mol. The van der Waals surface area contributed by atoms with Crippen molar-refractivity contribution in [2.75, 3.05) is 17.2 Å². The van der Waals surface area contributed by atoms with Gasteiger partial charge in [-0.15, -0.1) is 0 Å². The van der Waals surface area contributed by atoms with E-state index in [2.05, 4.69) is 16.0 Å². The summed E-state index contributed by atoms with van der Waals surface area (Å²) in [4.78, 5) is 36.6. The number of nitrogens with one attached hydrogen (secondary N) is 3. The highest BCUT2D eigenvalue weighted by Crippen LogP contribution is 2.11. The minimum atomic E-state index is -0.880. The number of carbonyl (C=O) groups excluding carboxylic acids is 3. The third-order valence-corrected chi connectivity index (χ3v) is 4.20. The Morgan fingerprint density at radius 2 is 1.62 bits per heavy atom. The molecule has 2 aromatic rings. The van der Waals surface area contributed by atoms with Crippen LogP contribution in [0.2, 0.25) is 0 Å². The van der Waals surface area contributed by atoms with Crippen LogP contribution in [-0.2, 0) is 20.7 Å². The molecule has 29 heavy (non-hydrogen) atoms. The molecule has 3 N–H and O–H groups in total. The minimum Gasteiger partial charge on any atom is -0.454 e. The molecule has 2 rings (SSSR count). The number of amides is 3. The Kier molecular flexibility index (Phi) is 8.21. The fraction of sp³-hybridized carbons (Fsp3) is 0.318. The van der Waals surface area contributed by atoms with E-state index < -0.39 is 30.6 Å². The normalized spacial score (nSPS) is 11.4. The maximum absolute atomic E-state index is 12.4. The Bertz CT molecular complexity index is 837. The van der Waals surface area contributed by atoms with Gasteiger partial charge in [0.05, 0.1) is 0 Å². The van der Waals surface area contributed by atoms with Crippen LogP contribution in [0.1, 0.15) is 26.3 Å². The lowest BCUT2D eigenvalue weighted by Gasteiger charge is -2.21. The number of benzene rings is 2. The number of carbonyl (C=O) groups is 3. The highest BCUT2D eigenvalue weighted by atomic mass is 16.5. The Morgan fingerprint density at radius 3 is 2.28 bits per heavy atom. The van der Waals surface area contributed by atoms with Crippen molar-refractivity contribution in [2.24, 2.45) is 5.92 Å². The largest absolute Gasteiger partial charge is 0.454 e. The number of hydrogen-bond donors (Lipinski definition) is 3. The molecule has 0 heterocycles. The van der Waals surface area contributed by atoms with Crippen molar-refractivity contribution in [2.45, 2.75) is 33.2 Å². The van der Waals surface area contributed by atoms with E-state index in [1.807, 2.05) is 31.2 Å². The van der Waals surface area contributed by atoms with Gasteiger partial charge in [-0.1, -0.05) is 51.1 Å². The third-order valence-electron chi connectivity index (χ3n) is 4.20. The number of rotatable bonds is 8. The molecule has 0 aliphatic rings. The third kappa shape index (κ3) is 7.29. The number of esters is 1. The second-order valence-corrected chi connectivity index (χ2v) is 6.90. The lowest BCUT2D eigenvalue weighted by molar-refractivity contribution is -0.150. The van der Waals surface area contributed by atoms with Crippen LogP contribution in [0.25, 0.3) is 0 Å². The van der Waals surface area contributed by atoms with Crippen LogP contribution < -0.4 is 16.0 Å². The topological polar surface area (TPSA) is 96.5 Å².